The minimum Gasteiger partial charge on any atom is -0.314 e. The molecule has 3 aliphatic rings. The first-order valence-corrected chi connectivity index (χ1v) is 8.91. The molecule has 0 spiro atoms. The highest BCUT2D eigenvalue weighted by Crippen LogP contribution is 2.40. The van der Waals surface area contributed by atoms with Gasteiger partial charge in [-0.1, -0.05) is 24.3 Å². The summed E-state index contributed by atoms with van der Waals surface area (Å²) >= 11 is 0. The maximum atomic E-state index is 3.77. The van der Waals surface area contributed by atoms with E-state index in [9.17, 15) is 0 Å². The van der Waals surface area contributed by atoms with Crippen molar-refractivity contribution in [2.75, 3.05) is 19.6 Å². The van der Waals surface area contributed by atoms with Crippen molar-refractivity contribution in [3.8, 4) is 0 Å². The molecule has 2 saturated carbocycles. The third-order valence-corrected chi connectivity index (χ3v) is 5.39. The Morgan fingerprint density at radius 1 is 1.00 bits per heavy atom. The number of nitrogens with one attached hydrogen (secondary N) is 1. The molecule has 0 radical (unpaired) electrons. The number of piperidine rings is 1. The zero-order valence-corrected chi connectivity index (χ0v) is 14.3. The van der Waals surface area contributed by atoms with Crippen LogP contribution in [0.5, 0.6) is 0 Å². The summed E-state index contributed by atoms with van der Waals surface area (Å²) in [7, 11) is 0. The Hall–Kier alpha value is -0.570. The number of hydrogen-bond acceptors (Lipinski definition) is 2. The molecule has 1 heterocycles. The molecule has 3 heteroatoms. The second kappa shape index (κ2) is 7.33. The second-order valence-corrected chi connectivity index (χ2v) is 7.42. The van der Waals surface area contributed by atoms with Crippen molar-refractivity contribution >= 4 is 12.4 Å². The molecule has 1 aromatic rings. The van der Waals surface area contributed by atoms with Gasteiger partial charge in [-0.2, -0.15) is 0 Å². The van der Waals surface area contributed by atoms with E-state index in [0.717, 1.165) is 24.4 Å². The fourth-order valence-electron chi connectivity index (χ4n) is 3.57. The largest absolute Gasteiger partial charge is 0.314 e. The first kappa shape index (κ1) is 16.3. The monoisotopic (exact) mass is 320 g/mol. The Balaban J connectivity index is 0.00000144. The quantitative estimate of drug-likeness (QED) is 0.853. The van der Waals surface area contributed by atoms with Gasteiger partial charge in [0.1, 0.15) is 0 Å². The first-order chi connectivity index (χ1) is 10.4. The summed E-state index contributed by atoms with van der Waals surface area (Å²) < 4.78 is 0. The maximum absolute atomic E-state index is 3.77. The van der Waals surface area contributed by atoms with Crippen LogP contribution < -0.4 is 5.32 Å². The lowest BCUT2D eigenvalue weighted by atomic mass is 10.0. The summed E-state index contributed by atoms with van der Waals surface area (Å²) in [5.74, 6) is 1.88. The zero-order valence-electron chi connectivity index (χ0n) is 13.5. The Bertz CT molecular complexity index is 474. The van der Waals surface area contributed by atoms with Crippen molar-refractivity contribution in [3.63, 3.8) is 0 Å². The fourth-order valence-corrected chi connectivity index (χ4v) is 3.57. The number of nitrogens with zero attached hydrogens (tertiary/aromatic N) is 1. The molecule has 1 aliphatic heterocycles. The van der Waals surface area contributed by atoms with E-state index in [1.54, 1.807) is 5.56 Å². The summed E-state index contributed by atoms with van der Waals surface area (Å²) in [6.07, 6.45) is 8.39. The molecule has 1 N–H and O–H groups in total. The molecule has 22 heavy (non-hydrogen) atoms. The summed E-state index contributed by atoms with van der Waals surface area (Å²) in [5, 5.41) is 3.77. The second-order valence-electron chi connectivity index (χ2n) is 7.42. The van der Waals surface area contributed by atoms with Crippen LogP contribution in [-0.4, -0.2) is 30.6 Å². The average molecular weight is 321 g/mol. The highest BCUT2D eigenvalue weighted by Gasteiger charge is 2.25. The number of benzene rings is 1. The van der Waals surface area contributed by atoms with Crippen molar-refractivity contribution < 1.29 is 0 Å². The van der Waals surface area contributed by atoms with Crippen LogP contribution in [0.25, 0.3) is 0 Å². The molecule has 122 valence electrons. The van der Waals surface area contributed by atoms with Gasteiger partial charge in [0.05, 0.1) is 0 Å². The van der Waals surface area contributed by atoms with Gasteiger partial charge < -0.3 is 5.32 Å². The van der Waals surface area contributed by atoms with Crippen molar-refractivity contribution in [1.29, 1.82) is 0 Å². The van der Waals surface area contributed by atoms with E-state index in [2.05, 4.69) is 34.5 Å². The van der Waals surface area contributed by atoms with Crippen LogP contribution in [-0.2, 0) is 6.54 Å². The fraction of sp³-hybridized carbons (Fsp3) is 0.684. The third kappa shape index (κ3) is 4.47. The lowest BCUT2D eigenvalue weighted by molar-refractivity contribution is 0.190. The lowest BCUT2D eigenvalue weighted by Crippen LogP contribution is -2.42. The van der Waals surface area contributed by atoms with E-state index in [0.29, 0.717) is 0 Å². The number of hydrogen-bond donors (Lipinski definition) is 1. The van der Waals surface area contributed by atoms with Crippen LogP contribution in [0.15, 0.2) is 24.3 Å². The number of rotatable bonds is 6. The summed E-state index contributed by atoms with van der Waals surface area (Å²) in [6, 6.07) is 10.1. The van der Waals surface area contributed by atoms with Gasteiger partial charge in [0.25, 0.3) is 0 Å². The van der Waals surface area contributed by atoms with Gasteiger partial charge in [-0.3, -0.25) is 4.90 Å². The third-order valence-electron chi connectivity index (χ3n) is 5.39. The molecule has 1 aromatic carbocycles. The maximum Gasteiger partial charge on any atom is 0.0233 e. The molecule has 2 aliphatic carbocycles. The molecule has 0 unspecified atom stereocenters. The molecule has 2 nitrogen and oxygen atoms in total. The van der Waals surface area contributed by atoms with Crippen molar-refractivity contribution in [2.24, 2.45) is 5.92 Å². The molecular weight excluding hydrogens is 292 g/mol. The molecule has 0 bridgehead atoms. The minimum absolute atomic E-state index is 0. The highest BCUT2D eigenvalue weighted by atomic mass is 35.5. The smallest absolute Gasteiger partial charge is 0.0233 e. The summed E-state index contributed by atoms with van der Waals surface area (Å²) in [4.78, 5) is 2.64. The zero-order chi connectivity index (χ0) is 14.1. The minimum atomic E-state index is 0. The standard InChI is InChI=1S/C19H28N2.ClH/c1-2-16(12-18(3-1)17-6-7-17)14-21-10-8-19(9-11-21)20-13-15-4-5-15;/h1-3,12,15,17,19-20H,4-11,13-14H2;1H. The number of likely N-dealkylation sites (tertiary alicyclic amines) is 1. The van der Waals surface area contributed by atoms with Gasteiger partial charge >= 0.3 is 0 Å². The molecular formula is C19H29ClN2. The normalized spacial score (nSPS) is 23.3. The van der Waals surface area contributed by atoms with Crippen LogP contribution in [0.4, 0.5) is 0 Å². The van der Waals surface area contributed by atoms with Crippen molar-refractivity contribution in [2.45, 2.75) is 57.0 Å². The predicted molar refractivity (Wildman–Crippen MR) is 94.7 cm³/mol. The van der Waals surface area contributed by atoms with E-state index in [-0.39, 0.29) is 12.4 Å². The Labute approximate surface area is 141 Å². The van der Waals surface area contributed by atoms with Gasteiger partial charge in [0.2, 0.25) is 0 Å². The Kier molecular flexibility index (Phi) is 5.43. The molecule has 0 aromatic heterocycles. The van der Waals surface area contributed by atoms with Crippen molar-refractivity contribution in [1.82, 2.24) is 10.2 Å². The van der Waals surface area contributed by atoms with Crippen LogP contribution in [0.1, 0.15) is 55.6 Å². The number of halogens is 1. The molecule has 0 amide bonds. The van der Waals surface area contributed by atoms with E-state index in [1.807, 2.05) is 0 Å². The topological polar surface area (TPSA) is 15.3 Å². The lowest BCUT2D eigenvalue weighted by Gasteiger charge is -2.32. The Morgan fingerprint density at radius 3 is 2.45 bits per heavy atom. The van der Waals surface area contributed by atoms with Crippen LogP contribution in [0.2, 0.25) is 0 Å². The van der Waals surface area contributed by atoms with E-state index >= 15 is 0 Å². The first-order valence-electron chi connectivity index (χ1n) is 8.91. The van der Waals surface area contributed by atoms with Gasteiger partial charge in [-0.05, 0) is 81.1 Å². The average Bonchev–Trinajstić information content (AvgIpc) is 3.40. The van der Waals surface area contributed by atoms with Gasteiger partial charge in [-0.25, -0.2) is 0 Å². The SMILES string of the molecule is Cl.c1cc(CN2CCC(NCC3CC3)CC2)cc(C2CC2)c1. The summed E-state index contributed by atoms with van der Waals surface area (Å²) in [6.45, 7) is 4.94. The van der Waals surface area contributed by atoms with Gasteiger partial charge in [0.15, 0.2) is 0 Å². The van der Waals surface area contributed by atoms with Crippen LogP contribution in [0.3, 0.4) is 0 Å². The van der Waals surface area contributed by atoms with E-state index in [1.165, 1.54) is 63.7 Å². The molecule has 3 fully saturated rings. The van der Waals surface area contributed by atoms with Crippen LogP contribution >= 0.6 is 12.4 Å². The highest BCUT2D eigenvalue weighted by molar-refractivity contribution is 5.85. The van der Waals surface area contributed by atoms with Gasteiger partial charge in [-0.15, -0.1) is 12.4 Å². The van der Waals surface area contributed by atoms with Gasteiger partial charge in [0, 0.05) is 12.6 Å². The summed E-state index contributed by atoms with van der Waals surface area (Å²) in [5.41, 5.74) is 3.09. The van der Waals surface area contributed by atoms with E-state index < -0.39 is 0 Å². The predicted octanol–water partition coefficient (Wildman–Crippen LogP) is 3.95. The molecule has 0 atom stereocenters. The molecule has 1 saturated heterocycles. The Morgan fingerprint density at radius 2 is 1.77 bits per heavy atom. The van der Waals surface area contributed by atoms with Crippen molar-refractivity contribution in [3.05, 3.63) is 35.4 Å². The molecule has 4 rings (SSSR count). The van der Waals surface area contributed by atoms with Crippen LogP contribution in [0, 0.1) is 5.92 Å². The van der Waals surface area contributed by atoms with E-state index in [4.69, 9.17) is 0 Å².